The zero-order valence-electron chi connectivity index (χ0n) is 13.2. The Hall–Kier alpha value is -0.860. The fourth-order valence-corrected chi connectivity index (χ4v) is 2.94. The Balaban J connectivity index is 2.65. The smallest absolute Gasteiger partial charge is 0.0292 e. The van der Waals surface area contributed by atoms with Crippen LogP contribution >= 0.6 is 0 Å². The van der Waals surface area contributed by atoms with Gasteiger partial charge < -0.3 is 10.6 Å². The van der Waals surface area contributed by atoms with Crippen molar-refractivity contribution in [2.75, 3.05) is 13.6 Å². The topological polar surface area (TPSA) is 29.3 Å². The molecule has 2 unspecified atom stereocenters. The van der Waals surface area contributed by atoms with Gasteiger partial charge in [-0.25, -0.2) is 0 Å². The van der Waals surface area contributed by atoms with Gasteiger partial charge in [0.25, 0.3) is 0 Å². The molecule has 0 bridgehead atoms. The van der Waals surface area contributed by atoms with Gasteiger partial charge in [-0.3, -0.25) is 0 Å². The molecule has 1 aromatic carbocycles. The molecule has 1 rings (SSSR count). The van der Waals surface area contributed by atoms with Gasteiger partial charge in [-0.05, 0) is 30.9 Å². The minimum Gasteiger partial charge on any atom is -0.326 e. The van der Waals surface area contributed by atoms with Crippen molar-refractivity contribution in [2.24, 2.45) is 11.1 Å². The Morgan fingerprint density at radius 1 is 1.16 bits per heavy atom. The summed E-state index contributed by atoms with van der Waals surface area (Å²) in [6, 6.07) is 11.3. The molecule has 0 aliphatic carbocycles. The molecule has 2 nitrogen and oxygen atoms in total. The number of hydrogen-bond donors (Lipinski definition) is 1. The summed E-state index contributed by atoms with van der Waals surface area (Å²) in [4.78, 5) is 2.43. The molecule has 0 aliphatic heterocycles. The van der Waals surface area contributed by atoms with Gasteiger partial charge in [-0.15, -0.1) is 0 Å². The quantitative estimate of drug-likeness (QED) is 0.852. The first-order chi connectivity index (χ1) is 8.86. The predicted octanol–water partition coefficient (Wildman–Crippen LogP) is 3.31. The second kappa shape index (κ2) is 7.06. The molecule has 0 radical (unpaired) electrons. The van der Waals surface area contributed by atoms with Crippen LogP contribution in [0.3, 0.4) is 0 Å². The van der Waals surface area contributed by atoms with Crippen LogP contribution in [0.25, 0.3) is 0 Å². The average molecular weight is 262 g/mol. The largest absolute Gasteiger partial charge is 0.326 e. The fourth-order valence-electron chi connectivity index (χ4n) is 2.94. The molecule has 0 saturated carbocycles. The maximum Gasteiger partial charge on any atom is 0.0292 e. The van der Waals surface area contributed by atoms with Crippen LogP contribution in [-0.2, 0) is 6.42 Å². The van der Waals surface area contributed by atoms with Gasteiger partial charge in [0.15, 0.2) is 0 Å². The first-order valence-corrected chi connectivity index (χ1v) is 7.36. The number of hydrogen-bond acceptors (Lipinski definition) is 2. The lowest BCUT2D eigenvalue weighted by molar-refractivity contribution is 0.101. The van der Waals surface area contributed by atoms with Gasteiger partial charge in [-0.1, -0.05) is 58.0 Å². The lowest BCUT2D eigenvalue weighted by Crippen LogP contribution is -2.53. The zero-order valence-corrected chi connectivity index (χ0v) is 13.2. The molecular weight excluding hydrogens is 232 g/mol. The van der Waals surface area contributed by atoms with Gasteiger partial charge in [-0.2, -0.15) is 0 Å². The number of nitrogens with zero attached hydrogens (tertiary/aromatic N) is 1. The highest BCUT2D eigenvalue weighted by Crippen LogP contribution is 2.26. The van der Waals surface area contributed by atoms with Crippen LogP contribution in [0.2, 0.25) is 0 Å². The van der Waals surface area contributed by atoms with Crippen LogP contribution in [0.4, 0.5) is 0 Å². The summed E-state index contributed by atoms with van der Waals surface area (Å²) in [5, 5.41) is 0. The first-order valence-electron chi connectivity index (χ1n) is 7.36. The zero-order chi connectivity index (χ0) is 14.5. The van der Waals surface area contributed by atoms with Crippen LogP contribution in [-0.4, -0.2) is 30.6 Å². The lowest BCUT2D eigenvalue weighted by Gasteiger charge is -2.41. The molecule has 0 spiro atoms. The molecule has 2 N–H and O–H groups in total. The van der Waals surface area contributed by atoms with Crippen molar-refractivity contribution in [1.29, 1.82) is 0 Å². The normalized spacial score (nSPS) is 15.5. The number of rotatable bonds is 6. The SMILES string of the molecule is CCC(N)C(N(C)CCc1ccccc1)C(C)(C)C. The molecular formula is C17H30N2. The van der Waals surface area contributed by atoms with Gasteiger partial charge >= 0.3 is 0 Å². The highest BCUT2D eigenvalue weighted by Gasteiger charge is 2.32. The molecule has 0 amide bonds. The van der Waals surface area contributed by atoms with Gasteiger partial charge in [0.2, 0.25) is 0 Å². The van der Waals surface area contributed by atoms with Crippen molar-refractivity contribution in [3.63, 3.8) is 0 Å². The third kappa shape index (κ3) is 4.96. The summed E-state index contributed by atoms with van der Waals surface area (Å²) < 4.78 is 0. The Labute approximate surface area is 119 Å². The predicted molar refractivity (Wildman–Crippen MR) is 84.3 cm³/mol. The number of likely N-dealkylation sites (N-methyl/N-ethyl adjacent to an activating group) is 1. The van der Waals surface area contributed by atoms with E-state index in [0.717, 1.165) is 19.4 Å². The second-order valence-corrected chi connectivity index (χ2v) is 6.60. The lowest BCUT2D eigenvalue weighted by atomic mass is 9.80. The molecule has 0 heterocycles. The van der Waals surface area contributed by atoms with E-state index in [-0.39, 0.29) is 11.5 Å². The number of benzene rings is 1. The first kappa shape index (κ1) is 16.2. The summed E-state index contributed by atoms with van der Waals surface area (Å²) in [6.45, 7) is 10.1. The van der Waals surface area contributed by atoms with E-state index >= 15 is 0 Å². The molecule has 0 fully saturated rings. The molecule has 2 atom stereocenters. The van der Waals surface area contributed by atoms with Crippen LogP contribution in [0.15, 0.2) is 30.3 Å². The minimum absolute atomic E-state index is 0.209. The maximum atomic E-state index is 6.33. The monoisotopic (exact) mass is 262 g/mol. The molecule has 19 heavy (non-hydrogen) atoms. The maximum absolute atomic E-state index is 6.33. The van der Waals surface area contributed by atoms with Crippen molar-refractivity contribution in [1.82, 2.24) is 4.90 Å². The molecule has 0 aliphatic rings. The number of nitrogens with two attached hydrogens (primary N) is 1. The summed E-state index contributed by atoms with van der Waals surface area (Å²) >= 11 is 0. The standard InChI is InChI=1S/C17H30N2/c1-6-15(18)16(17(2,3)4)19(5)13-12-14-10-8-7-9-11-14/h7-11,15-16H,6,12-13,18H2,1-5H3. The van der Waals surface area contributed by atoms with Crippen LogP contribution < -0.4 is 5.73 Å². The van der Waals surface area contributed by atoms with Gasteiger partial charge in [0, 0.05) is 18.6 Å². The van der Waals surface area contributed by atoms with E-state index in [4.69, 9.17) is 5.73 Å². The fraction of sp³-hybridized carbons (Fsp3) is 0.647. The molecule has 2 heteroatoms. The van der Waals surface area contributed by atoms with Crippen molar-refractivity contribution in [3.8, 4) is 0 Å². The van der Waals surface area contributed by atoms with E-state index in [9.17, 15) is 0 Å². The second-order valence-electron chi connectivity index (χ2n) is 6.60. The van der Waals surface area contributed by atoms with Gasteiger partial charge in [0.05, 0.1) is 0 Å². The van der Waals surface area contributed by atoms with Crippen molar-refractivity contribution < 1.29 is 0 Å². The Kier molecular flexibility index (Phi) is 6.02. The van der Waals surface area contributed by atoms with Crippen molar-refractivity contribution >= 4 is 0 Å². The summed E-state index contributed by atoms with van der Waals surface area (Å²) in [6.07, 6.45) is 2.11. The Morgan fingerprint density at radius 3 is 2.21 bits per heavy atom. The Bertz CT molecular complexity index is 353. The highest BCUT2D eigenvalue weighted by atomic mass is 15.2. The molecule has 0 aromatic heterocycles. The summed E-state index contributed by atoms with van der Waals surface area (Å²) in [5.41, 5.74) is 7.94. The Morgan fingerprint density at radius 2 is 1.74 bits per heavy atom. The average Bonchev–Trinajstić information content (AvgIpc) is 2.36. The van der Waals surface area contributed by atoms with E-state index in [0.29, 0.717) is 6.04 Å². The third-order valence-electron chi connectivity index (χ3n) is 3.84. The molecule has 108 valence electrons. The van der Waals surface area contributed by atoms with E-state index in [1.165, 1.54) is 5.56 Å². The van der Waals surface area contributed by atoms with Crippen LogP contribution in [0.5, 0.6) is 0 Å². The van der Waals surface area contributed by atoms with Crippen LogP contribution in [0, 0.1) is 5.41 Å². The van der Waals surface area contributed by atoms with Crippen LogP contribution in [0.1, 0.15) is 39.7 Å². The summed E-state index contributed by atoms with van der Waals surface area (Å²) in [5.74, 6) is 0. The van der Waals surface area contributed by atoms with Crippen molar-refractivity contribution in [3.05, 3.63) is 35.9 Å². The molecule has 0 saturated heterocycles. The van der Waals surface area contributed by atoms with E-state index < -0.39 is 0 Å². The van der Waals surface area contributed by atoms with Gasteiger partial charge in [0.1, 0.15) is 0 Å². The van der Waals surface area contributed by atoms with E-state index in [1.54, 1.807) is 0 Å². The van der Waals surface area contributed by atoms with E-state index in [1.807, 2.05) is 0 Å². The third-order valence-corrected chi connectivity index (χ3v) is 3.84. The minimum atomic E-state index is 0.209. The van der Waals surface area contributed by atoms with E-state index in [2.05, 4.69) is 70.0 Å². The molecule has 1 aromatic rings. The highest BCUT2D eigenvalue weighted by molar-refractivity contribution is 5.15. The van der Waals surface area contributed by atoms with Crippen molar-refractivity contribution in [2.45, 2.75) is 52.6 Å². The summed E-state index contributed by atoms with van der Waals surface area (Å²) in [7, 11) is 2.20.